The van der Waals surface area contributed by atoms with Crippen LogP contribution in [-0.2, 0) is 14.3 Å². The van der Waals surface area contributed by atoms with E-state index < -0.39 is 23.6 Å². The van der Waals surface area contributed by atoms with Gasteiger partial charge >= 0.3 is 18.0 Å². The maximum atomic E-state index is 11.5. The summed E-state index contributed by atoms with van der Waals surface area (Å²) in [6.07, 6.45) is 0.562. The molecule has 0 radical (unpaired) electrons. The Bertz CT molecular complexity index is 367. The second kappa shape index (κ2) is 5.90. The van der Waals surface area contributed by atoms with Crippen LogP contribution < -0.4 is 5.32 Å². The lowest BCUT2D eigenvalue weighted by Gasteiger charge is -2.31. The summed E-state index contributed by atoms with van der Waals surface area (Å²) in [6, 6.07) is -0.0901. The molecule has 0 aromatic rings. The van der Waals surface area contributed by atoms with E-state index in [1.807, 2.05) is 0 Å². The number of rotatable bonds is 1. The number of hydrogen-bond acceptors (Lipinski definition) is 4. The van der Waals surface area contributed by atoms with Gasteiger partial charge in [0, 0.05) is 19.1 Å². The summed E-state index contributed by atoms with van der Waals surface area (Å²) < 4.78 is 5.13. The minimum absolute atomic E-state index is 0.0901. The molecule has 108 valence electrons. The average Bonchev–Trinajstić information content (AvgIpc) is 2.26. The van der Waals surface area contributed by atoms with Crippen molar-refractivity contribution >= 4 is 18.0 Å². The lowest BCUT2D eigenvalue weighted by Crippen LogP contribution is -2.49. The molecule has 0 spiro atoms. The number of hydrogen-bond donors (Lipinski definition) is 2. The first-order valence-corrected chi connectivity index (χ1v) is 6.21. The smallest absolute Gasteiger partial charge is 0.407 e. The lowest BCUT2D eigenvalue weighted by molar-refractivity contribution is -0.156. The molecule has 1 aliphatic rings. The summed E-state index contributed by atoms with van der Waals surface area (Å²) in [4.78, 5) is 34.6. The molecule has 0 aromatic heterocycles. The van der Waals surface area contributed by atoms with Gasteiger partial charge in [-0.1, -0.05) is 0 Å². The highest BCUT2D eigenvalue weighted by molar-refractivity contribution is 6.31. The van der Waals surface area contributed by atoms with Crippen LogP contribution in [0.4, 0.5) is 4.79 Å². The first kappa shape index (κ1) is 15.3. The average molecular weight is 272 g/mol. The van der Waals surface area contributed by atoms with Crippen LogP contribution in [0.3, 0.4) is 0 Å². The van der Waals surface area contributed by atoms with E-state index >= 15 is 0 Å². The van der Waals surface area contributed by atoms with Gasteiger partial charge in [-0.3, -0.25) is 4.79 Å². The zero-order valence-corrected chi connectivity index (χ0v) is 11.4. The molecular formula is C12H20N2O5. The Morgan fingerprint density at radius 3 is 2.16 bits per heavy atom. The minimum atomic E-state index is -1.45. The normalized spacial score (nSPS) is 16.9. The Morgan fingerprint density at radius 2 is 1.74 bits per heavy atom. The highest BCUT2D eigenvalue weighted by Crippen LogP contribution is 2.12. The number of likely N-dealkylation sites (tertiary alicyclic amines) is 1. The van der Waals surface area contributed by atoms with E-state index in [1.54, 1.807) is 20.8 Å². The van der Waals surface area contributed by atoms with Gasteiger partial charge in [0.05, 0.1) is 0 Å². The number of nitrogens with one attached hydrogen (secondary N) is 1. The molecule has 19 heavy (non-hydrogen) atoms. The van der Waals surface area contributed by atoms with Crippen molar-refractivity contribution in [2.45, 2.75) is 45.3 Å². The number of carboxylic acids is 1. The molecule has 7 heteroatoms. The zero-order chi connectivity index (χ0) is 14.6. The Balaban J connectivity index is 2.36. The van der Waals surface area contributed by atoms with Crippen LogP contribution in [0.2, 0.25) is 0 Å². The second-order valence-electron chi connectivity index (χ2n) is 5.52. The molecule has 2 N–H and O–H groups in total. The first-order chi connectivity index (χ1) is 8.69. The van der Waals surface area contributed by atoms with Crippen LogP contribution in [-0.4, -0.2) is 52.7 Å². The fraction of sp³-hybridized carbons (Fsp3) is 0.750. The summed E-state index contributed by atoms with van der Waals surface area (Å²) >= 11 is 0. The van der Waals surface area contributed by atoms with E-state index in [1.165, 1.54) is 4.90 Å². The molecule has 0 bridgehead atoms. The number of nitrogens with zero attached hydrogens (tertiary/aromatic N) is 1. The third-order valence-corrected chi connectivity index (χ3v) is 2.69. The van der Waals surface area contributed by atoms with E-state index in [0.29, 0.717) is 25.9 Å². The van der Waals surface area contributed by atoms with Gasteiger partial charge in [-0.25, -0.2) is 9.59 Å². The summed E-state index contributed by atoms with van der Waals surface area (Å²) in [7, 11) is 0. The third-order valence-electron chi connectivity index (χ3n) is 2.69. The van der Waals surface area contributed by atoms with Gasteiger partial charge in [0.15, 0.2) is 0 Å². The molecule has 1 heterocycles. The van der Waals surface area contributed by atoms with Crippen molar-refractivity contribution < 1.29 is 24.2 Å². The largest absolute Gasteiger partial charge is 0.474 e. The van der Waals surface area contributed by atoms with Crippen molar-refractivity contribution in [1.82, 2.24) is 10.2 Å². The van der Waals surface area contributed by atoms with Crippen molar-refractivity contribution in [3.63, 3.8) is 0 Å². The summed E-state index contributed by atoms with van der Waals surface area (Å²) in [6.45, 7) is 5.99. The van der Waals surface area contributed by atoms with Gasteiger partial charge in [-0.2, -0.15) is 0 Å². The first-order valence-electron chi connectivity index (χ1n) is 6.21. The molecule has 1 fully saturated rings. The molecule has 0 saturated carbocycles. The highest BCUT2D eigenvalue weighted by Gasteiger charge is 2.28. The molecular weight excluding hydrogens is 252 g/mol. The van der Waals surface area contributed by atoms with E-state index in [-0.39, 0.29) is 6.04 Å². The van der Waals surface area contributed by atoms with Gasteiger partial charge in [0.25, 0.3) is 0 Å². The number of carbonyl (C=O) groups excluding carboxylic acids is 2. The van der Waals surface area contributed by atoms with Gasteiger partial charge in [0.2, 0.25) is 0 Å². The molecule has 0 aliphatic carbocycles. The van der Waals surface area contributed by atoms with Crippen LogP contribution in [0.25, 0.3) is 0 Å². The Kier molecular flexibility index (Phi) is 4.74. The van der Waals surface area contributed by atoms with Crippen LogP contribution >= 0.6 is 0 Å². The van der Waals surface area contributed by atoms with Crippen molar-refractivity contribution in [1.29, 1.82) is 0 Å². The molecule has 7 nitrogen and oxygen atoms in total. The van der Waals surface area contributed by atoms with Crippen molar-refractivity contribution in [2.24, 2.45) is 0 Å². The fourth-order valence-corrected chi connectivity index (χ4v) is 1.84. The molecule has 0 unspecified atom stereocenters. The number of carbonyl (C=O) groups is 3. The van der Waals surface area contributed by atoms with Crippen LogP contribution in [0.15, 0.2) is 0 Å². The van der Waals surface area contributed by atoms with Gasteiger partial charge in [-0.05, 0) is 33.6 Å². The third kappa shape index (κ3) is 5.15. The van der Waals surface area contributed by atoms with Crippen molar-refractivity contribution in [3.8, 4) is 0 Å². The zero-order valence-electron chi connectivity index (χ0n) is 11.4. The number of piperidine rings is 1. The predicted octanol–water partition coefficient (Wildman–Crippen LogP) is 0.587. The standard InChI is InChI=1S/C12H20N2O5/c1-12(2,3)19-11(18)13-8-4-6-14(7-5-8)9(15)10(16)17/h8H,4-7H2,1-3H3,(H,13,18)(H,16,17). The lowest BCUT2D eigenvalue weighted by atomic mass is 10.1. The van der Waals surface area contributed by atoms with Crippen LogP contribution in [0.1, 0.15) is 33.6 Å². The maximum Gasteiger partial charge on any atom is 0.407 e. The van der Waals surface area contributed by atoms with E-state index in [4.69, 9.17) is 9.84 Å². The van der Waals surface area contributed by atoms with Gasteiger partial charge in [-0.15, -0.1) is 0 Å². The minimum Gasteiger partial charge on any atom is -0.474 e. The SMILES string of the molecule is CC(C)(C)OC(=O)NC1CCN(C(=O)C(=O)O)CC1. The summed E-state index contributed by atoms with van der Waals surface area (Å²) in [5.74, 6) is -2.34. The Labute approximate surface area is 111 Å². The molecule has 0 aromatic carbocycles. The highest BCUT2D eigenvalue weighted by atomic mass is 16.6. The van der Waals surface area contributed by atoms with E-state index in [0.717, 1.165) is 0 Å². The van der Waals surface area contributed by atoms with Crippen LogP contribution in [0, 0.1) is 0 Å². The summed E-state index contributed by atoms with van der Waals surface area (Å²) in [5, 5.41) is 11.3. The topological polar surface area (TPSA) is 95.9 Å². The molecule has 1 rings (SSSR count). The monoisotopic (exact) mass is 272 g/mol. The number of aliphatic carboxylic acids is 1. The van der Waals surface area contributed by atoms with Crippen molar-refractivity contribution in [2.75, 3.05) is 13.1 Å². The maximum absolute atomic E-state index is 11.5. The number of ether oxygens (including phenoxy) is 1. The predicted molar refractivity (Wildman–Crippen MR) is 66.6 cm³/mol. The van der Waals surface area contributed by atoms with Gasteiger partial charge < -0.3 is 20.1 Å². The van der Waals surface area contributed by atoms with Gasteiger partial charge in [0.1, 0.15) is 5.60 Å². The quantitative estimate of drug-likeness (QED) is 0.681. The second-order valence-corrected chi connectivity index (χ2v) is 5.52. The van der Waals surface area contributed by atoms with Crippen LogP contribution in [0.5, 0.6) is 0 Å². The number of carboxylic acid groups (broad SMARTS) is 1. The molecule has 2 amide bonds. The Morgan fingerprint density at radius 1 is 1.21 bits per heavy atom. The van der Waals surface area contributed by atoms with E-state index in [2.05, 4.69) is 5.32 Å². The summed E-state index contributed by atoms with van der Waals surface area (Å²) in [5.41, 5.74) is -0.552. The molecule has 0 atom stereocenters. The number of amides is 2. The van der Waals surface area contributed by atoms with Crippen molar-refractivity contribution in [3.05, 3.63) is 0 Å². The molecule has 1 saturated heterocycles. The Hall–Kier alpha value is -1.79. The van der Waals surface area contributed by atoms with E-state index in [9.17, 15) is 14.4 Å². The molecule has 1 aliphatic heterocycles. The fourth-order valence-electron chi connectivity index (χ4n) is 1.84. The number of alkyl carbamates (subject to hydrolysis) is 1.